The van der Waals surface area contributed by atoms with E-state index < -0.39 is 0 Å². The zero-order valence-electron chi connectivity index (χ0n) is 18.7. The van der Waals surface area contributed by atoms with E-state index in [2.05, 4.69) is 6.92 Å². The summed E-state index contributed by atoms with van der Waals surface area (Å²) in [6.45, 7) is 2.29. The average molecular weight is 510 g/mol. The molecule has 0 rings (SSSR count). The number of nitrogens with zero attached hydrogens (tertiary/aromatic N) is 1. The molecule has 3 nitrogen and oxygen atoms in total. The van der Waals surface area contributed by atoms with Crippen molar-refractivity contribution in [1.29, 1.82) is 0 Å². The summed E-state index contributed by atoms with van der Waals surface area (Å²) in [6, 6.07) is 0. The standard InChI is InChI=1S/C24H48INO2/c1-2-3-4-5-6-7-8-9-10-11-12-13-14-15-16-17-18-19-20-21-22-23-24(27)26(25)28/h28H,2-23H2,1H3. The van der Waals surface area contributed by atoms with E-state index in [1.54, 1.807) is 22.9 Å². The zero-order chi connectivity index (χ0) is 20.7. The number of unbranched alkanes of at least 4 members (excludes halogenated alkanes) is 20. The van der Waals surface area contributed by atoms with Gasteiger partial charge in [0, 0.05) is 6.42 Å². The van der Waals surface area contributed by atoms with Crippen molar-refractivity contribution in [3.63, 3.8) is 0 Å². The van der Waals surface area contributed by atoms with Crippen LogP contribution in [0.15, 0.2) is 0 Å². The minimum atomic E-state index is -0.182. The number of hydrogen-bond donors (Lipinski definition) is 1. The molecule has 0 aromatic carbocycles. The van der Waals surface area contributed by atoms with Crippen LogP contribution in [-0.2, 0) is 4.79 Å². The molecule has 0 aliphatic rings. The van der Waals surface area contributed by atoms with Gasteiger partial charge in [0.05, 0.1) is 22.9 Å². The van der Waals surface area contributed by atoms with Gasteiger partial charge >= 0.3 is 0 Å². The third-order valence-electron chi connectivity index (χ3n) is 5.70. The molecule has 4 heteroatoms. The molecule has 1 N–H and O–H groups in total. The molecule has 168 valence electrons. The van der Waals surface area contributed by atoms with E-state index in [4.69, 9.17) is 5.21 Å². The van der Waals surface area contributed by atoms with Gasteiger partial charge in [-0.3, -0.25) is 10.0 Å². The summed E-state index contributed by atoms with van der Waals surface area (Å²) in [5.41, 5.74) is 0. The number of hydrogen-bond acceptors (Lipinski definition) is 2. The Morgan fingerprint density at radius 3 is 1.07 bits per heavy atom. The Morgan fingerprint density at radius 1 is 0.571 bits per heavy atom. The highest BCUT2D eigenvalue weighted by Crippen LogP contribution is 2.15. The van der Waals surface area contributed by atoms with Crippen LogP contribution in [0.3, 0.4) is 0 Å². The Hall–Kier alpha value is 0.160. The van der Waals surface area contributed by atoms with E-state index in [1.165, 1.54) is 122 Å². The molecule has 0 spiro atoms. The summed E-state index contributed by atoms with van der Waals surface area (Å²) in [7, 11) is 0. The SMILES string of the molecule is CCCCCCCCCCCCCCCCCCCCCCCC(=O)N(O)I. The topological polar surface area (TPSA) is 40.5 Å². The predicted octanol–water partition coefficient (Wildman–Crippen LogP) is 9.16. The summed E-state index contributed by atoms with van der Waals surface area (Å²) >= 11 is 1.62. The normalized spacial score (nSPS) is 11.1. The molecule has 28 heavy (non-hydrogen) atoms. The minimum absolute atomic E-state index is 0.182. The van der Waals surface area contributed by atoms with Gasteiger partial charge in [-0.05, 0) is 6.42 Å². The molecule has 0 bridgehead atoms. The first kappa shape index (κ1) is 28.2. The summed E-state index contributed by atoms with van der Waals surface area (Å²) in [4.78, 5) is 11.2. The van der Waals surface area contributed by atoms with E-state index in [-0.39, 0.29) is 5.91 Å². The fourth-order valence-electron chi connectivity index (χ4n) is 3.80. The monoisotopic (exact) mass is 509 g/mol. The molecule has 0 aromatic heterocycles. The molecular weight excluding hydrogens is 461 g/mol. The van der Waals surface area contributed by atoms with Crippen LogP contribution in [0.5, 0.6) is 0 Å². The van der Waals surface area contributed by atoms with Gasteiger partial charge in [0.25, 0.3) is 5.91 Å². The van der Waals surface area contributed by atoms with Gasteiger partial charge in [-0.15, -0.1) is 0 Å². The highest BCUT2D eigenvalue weighted by molar-refractivity contribution is 14.1. The highest BCUT2D eigenvalue weighted by atomic mass is 127. The van der Waals surface area contributed by atoms with Gasteiger partial charge in [-0.25, -0.2) is 0 Å². The summed E-state index contributed by atoms with van der Waals surface area (Å²) in [5, 5.41) is 8.96. The molecular formula is C24H48INO2. The van der Waals surface area contributed by atoms with E-state index >= 15 is 0 Å². The Labute approximate surface area is 189 Å². The van der Waals surface area contributed by atoms with E-state index in [0.717, 1.165) is 12.8 Å². The molecule has 0 aliphatic heterocycles. The van der Waals surface area contributed by atoms with E-state index in [9.17, 15) is 4.79 Å². The van der Waals surface area contributed by atoms with Crippen LogP contribution >= 0.6 is 22.9 Å². The molecule has 0 aliphatic carbocycles. The third kappa shape index (κ3) is 22.4. The molecule has 0 heterocycles. The van der Waals surface area contributed by atoms with Crippen molar-refractivity contribution in [2.75, 3.05) is 0 Å². The second-order valence-corrected chi connectivity index (χ2v) is 9.39. The van der Waals surface area contributed by atoms with Crippen LogP contribution in [0.4, 0.5) is 0 Å². The molecule has 0 fully saturated rings. The summed E-state index contributed by atoms with van der Waals surface area (Å²) in [6.07, 6.45) is 29.2. The lowest BCUT2D eigenvalue weighted by atomic mass is 10.0. The Kier molecular flexibility index (Phi) is 23.6. The Bertz CT molecular complexity index is 324. The third-order valence-corrected chi connectivity index (χ3v) is 6.24. The lowest BCUT2D eigenvalue weighted by molar-refractivity contribution is -0.141. The lowest BCUT2D eigenvalue weighted by Gasteiger charge is -2.05. The van der Waals surface area contributed by atoms with Crippen LogP contribution < -0.4 is 0 Å². The lowest BCUT2D eigenvalue weighted by Crippen LogP contribution is -2.15. The van der Waals surface area contributed by atoms with Crippen molar-refractivity contribution in [3.8, 4) is 0 Å². The van der Waals surface area contributed by atoms with Crippen molar-refractivity contribution < 1.29 is 10.0 Å². The first-order valence-corrected chi connectivity index (χ1v) is 13.3. The minimum Gasteiger partial charge on any atom is -0.276 e. The molecule has 0 saturated carbocycles. The van der Waals surface area contributed by atoms with Crippen LogP contribution in [0.2, 0.25) is 0 Å². The average Bonchev–Trinajstić information content (AvgIpc) is 2.68. The largest absolute Gasteiger partial charge is 0.276 e. The zero-order valence-corrected chi connectivity index (χ0v) is 20.9. The smallest absolute Gasteiger partial charge is 0.255 e. The molecule has 0 unspecified atom stereocenters. The van der Waals surface area contributed by atoms with Crippen molar-refractivity contribution in [1.82, 2.24) is 3.28 Å². The number of hydroxylamine groups is 1. The van der Waals surface area contributed by atoms with Crippen LogP contribution in [0.25, 0.3) is 0 Å². The maximum absolute atomic E-state index is 11.2. The second kappa shape index (κ2) is 23.4. The quantitative estimate of drug-likeness (QED) is 0.0520. The van der Waals surface area contributed by atoms with Gasteiger partial charge in [0.2, 0.25) is 0 Å². The van der Waals surface area contributed by atoms with Crippen molar-refractivity contribution in [2.45, 2.75) is 148 Å². The summed E-state index contributed by atoms with van der Waals surface area (Å²) < 4.78 is 0.675. The Balaban J connectivity index is 3.04. The van der Waals surface area contributed by atoms with E-state index in [0.29, 0.717) is 9.70 Å². The maximum atomic E-state index is 11.2. The van der Waals surface area contributed by atoms with Gasteiger partial charge < -0.3 is 0 Å². The second-order valence-electron chi connectivity index (χ2n) is 8.47. The number of rotatable bonds is 22. The van der Waals surface area contributed by atoms with Gasteiger partial charge in [-0.1, -0.05) is 135 Å². The maximum Gasteiger partial charge on any atom is 0.255 e. The fourth-order valence-corrected chi connectivity index (χ4v) is 4.04. The fraction of sp³-hybridized carbons (Fsp3) is 0.958. The van der Waals surface area contributed by atoms with Crippen molar-refractivity contribution in [2.24, 2.45) is 0 Å². The first-order chi connectivity index (χ1) is 13.7. The summed E-state index contributed by atoms with van der Waals surface area (Å²) in [5.74, 6) is -0.182. The Morgan fingerprint density at radius 2 is 0.821 bits per heavy atom. The first-order valence-electron chi connectivity index (χ1n) is 12.4. The predicted molar refractivity (Wildman–Crippen MR) is 130 cm³/mol. The van der Waals surface area contributed by atoms with Gasteiger partial charge in [0.15, 0.2) is 0 Å². The molecule has 0 radical (unpaired) electrons. The van der Waals surface area contributed by atoms with Gasteiger partial charge in [0.1, 0.15) is 0 Å². The van der Waals surface area contributed by atoms with E-state index in [1.807, 2.05) is 0 Å². The van der Waals surface area contributed by atoms with Crippen molar-refractivity contribution in [3.05, 3.63) is 0 Å². The highest BCUT2D eigenvalue weighted by Gasteiger charge is 2.05. The molecule has 0 saturated heterocycles. The number of halogens is 1. The van der Waals surface area contributed by atoms with Crippen LogP contribution in [0.1, 0.15) is 148 Å². The number of carbonyl (C=O) groups excluding carboxylic acids is 1. The number of carbonyl (C=O) groups is 1. The molecule has 0 aromatic rings. The van der Waals surface area contributed by atoms with Crippen molar-refractivity contribution >= 4 is 28.8 Å². The van der Waals surface area contributed by atoms with Gasteiger partial charge in [-0.2, -0.15) is 3.28 Å². The van der Waals surface area contributed by atoms with Crippen LogP contribution in [-0.4, -0.2) is 14.4 Å². The number of amides is 1. The molecule has 0 atom stereocenters. The molecule has 1 amide bonds. The van der Waals surface area contributed by atoms with Crippen LogP contribution in [0, 0.1) is 0 Å².